The SMILES string of the molecule is CN(C)c1nc(N/N=C/c2ccccc2)nc(Nc2ccc(F)cc2)n1. The Morgan fingerprint density at radius 1 is 0.923 bits per heavy atom. The molecular weight excluding hydrogens is 333 g/mol. The average Bonchev–Trinajstić information content (AvgIpc) is 2.64. The molecule has 0 aliphatic heterocycles. The van der Waals surface area contributed by atoms with Gasteiger partial charge in [0.2, 0.25) is 17.8 Å². The number of aromatic nitrogens is 3. The van der Waals surface area contributed by atoms with Gasteiger partial charge in [-0.15, -0.1) is 0 Å². The molecule has 0 spiro atoms. The molecule has 0 bridgehead atoms. The van der Waals surface area contributed by atoms with Gasteiger partial charge < -0.3 is 10.2 Å². The Morgan fingerprint density at radius 2 is 1.62 bits per heavy atom. The molecule has 0 atom stereocenters. The molecule has 0 saturated carbocycles. The first-order valence-corrected chi connectivity index (χ1v) is 7.90. The van der Waals surface area contributed by atoms with Crippen LogP contribution in [0.1, 0.15) is 5.56 Å². The van der Waals surface area contributed by atoms with Gasteiger partial charge in [-0.2, -0.15) is 20.1 Å². The first-order valence-electron chi connectivity index (χ1n) is 7.90. The summed E-state index contributed by atoms with van der Waals surface area (Å²) in [5.41, 5.74) is 4.42. The van der Waals surface area contributed by atoms with Crippen molar-refractivity contribution < 1.29 is 4.39 Å². The number of hydrazone groups is 1. The van der Waals surface area contributed by atoms with Crippen molar-refractivity contribution in [3.05, 3.63) is 66.0 Å². The van der Waals surface area contributed by atoms with E-state index in [4.69, 9.17) is 0 Å². The summed E-state index contributed by atoms with van der Waals surface area (Å²) in [6.07, 6.45) is 1.67. The minimum absolute atomic E-state index is 0.292. The van der Waals surface area contributed by atoms with Gasteiger partial charge in [-0.25, -0.2) is 9.82 Å². The van der Waals surface area contributed by atoms with Crippen molar-refractivity contribution in [2.75, 3.05) is 29.7 Å². The van der Waals surface area contributed by atoms with Gasteiger partial charge in [-0.05, 0) is 29.8 Å². The molecule has 0 saturated heterocycles. The van der Waals surface area contributed by atoms with Crippen LogP contribution in [0.4, 0.5) is 27.9 Å². The molecule has 3 aromatic rings. The Hall–Kier alpha value is -3.55. The van der Waals surface area contributed by atoms with Gasteiger partial charge in [0.25, 0.3) is 0 Å². The number of rotatable bonds is 6. The molecule has 7 nitrogen and oxygen atoms in total. The minimum Gasteiger partial charge on any atom is -0.347 e. The topological polar surface area (TPSA) is 78.3 Å². The zero-order chi connectivity index (χ0) is 18.4. The summed E-state index contributed by atoms with van der Waals surface area (Å²) in [7, 11) is 3.65. The van der Waals surface area contributed by atoms with Crippen LogP contribution in [0.2, 0.25) is 0 Å². The standard InChI is InChI=1S/C18H18FN7/c1-26(2)18-23-16(21-15-10-8-14(19)9-11-15)22-17(24-18)25-20-12-13-6-4-3-5-7-13/h3-12H,1-2H3,(H2,21,22,23,24,25)/b20-12+. The maximum absolute atomic E-state index is 13.0. The lowest BCUT2D eigenvalue weighted by Crippen LogP contribution is -2.15. The summed E-state index contributed by atoms with van der Waals surface area (Å²) in [4.78, 5) is 14.7. The highest BCUT2D eigenvalue weighted by molar-refractivity contribution is 5.79. The van der Waals surface area contributed by atoms with Crippen LogP contribution in [0.15, 0.2) is 59.7 Å². The molecular formula is C18H18FN7. The van der Waals surface area contributed by atoms with Gasteiger partial charge in [-0.1, -0.05) is 30.3 Å². The molecule has 2 aromatic carbocycles. The third-order valence-electron chi connectivity index (χ3n) is 3.30. The van der Waals surface area contributed by atoms with Crippen molar-refractivity contribution in [2.24, 2.45) is 5.10 Å². The number of benzene rings is 2. The van der Waals surface area contributed by atoms with Crippen molar-refractivity contribution in [3.63, 3.8) is 0 Å². The average molecular weight is 351 g/mol. The lowest BCUT2D eigenvalue weighted by Gasteiger charge is -2.13. The first kappa shape index (κ1) is 17.3. The van der Waals surface area contributed by atoms with E-state index < -0.39 is 0 Å². The highest BCUT2D eigenvalue weighted by atomic mass is 19.1. The zero-order valence-corrected chi connectivity index (χ0v) is 14.4. The predicted molar refractivity (Wildman–Crippen MR) is 101 cm³/mol. The molecule has 0 amide bonds. The maximum atomic E-state index is 13.0. The summed E-state index contributed by atoms with van der Waals surface area (Å²) in [5, 5.41) is 7.18. The molecule has 1 aromatic heterocycles. The van der Waals surface area contributed by atoms with E-state index in [1.165, 1.54) is 12.1 Å². The number of hydrogen-bond donors (Lipinski definition) is 2. The van der Waals surface area contributed by atoms with Gasteiger partial charge in [0.15, 0.2) is 0 Å². The minimum atomic E-state index is -0.308. The Kier molecular flexibility index (Phi) is 5.33. The van der Waals surface area contributed by atoms with E-state index in [0.29, 0.717) is 23.5 Å². The van der Waals surface area contributed by atoms with Crippen LogP contribution in [-0.2, 0) is 0 Å². The molecule has 0 fully saturated rings. The fraction of sp³-hybridized carbons (Fsp3) is 0.111. The number of nitrogens with one attached hydrogen (secondary N) is 2. The van der Waals surface area contributed by atoms with Crippen LogP contribution < -0.4 is 15.6 Å². The van der Waals surface area contributed by atoms with Crippen molar-refractivity contribution in [1.82, 2.24) is 15.0 Å². The molecule has 1 heterocycles. The maximum Gasteiger partial charge on any atom is 0.250 e. The van der Waals surface area contributed by atoms with Gasteiger partial charge in [0.05, 0.1) is 6.21 Å². The largest absolute Gasteiger partial charge is 0.347 e. The molecule has 0 radical (unpaired) electrons. The second-order valence-corrected chi connectivity index (χ2v) is 5.59. The van der Waals surface area contributed by atoms with Crippen molar-refractivity contribution in [2.45, 2.75) is 0 Å². The van der Waals surface area contributed by atoms with E-state index in [2.05, 4.69) is 30.8 Å². The molecule has 8 heteroatoms. The summed E-state index contributed by atoms with van der Waals surface area (Å²) in [6, 6.07) is 15.6. The molecule has 0 aliphatic carbocycles. The summed E-state index contributed by atoms with van der Waals surface area (Å²) < 4.78 is 13.0. The Bertz CT molecular complexity index is 880. The second kappa shape index (κ2) is 8.02. The van der Waals surface area contributed by atoms with Gasteiger partial charge in [0.1, 0.15) is 5.82 Å². The van der Waals surface area contributed by atoms with Crippen LogP contribution in [-0.4, -0.2) is 35.3 Å². The van der Waals surface area contributed by atoms with E-state index in [1.54, 1.807) is 23.2 Å². The summed E-state index contributed by atoms with van der Waals surface area (Å²) >= 11 is 0. The number of nitrogens with zero attached hydrogens (tertiary/aromatic N) is 5. The highest BCUT2D eigenvalue weighted by Crippen LogP contribution is 2.17. The normalized spacial score (nSPS) is 10.7. The van der Waals surface area contributed by atoms with Crippen LogP contribution in [0.5, 0.6) is 0 Å². The predicted octanol–water partition coefficient (Wildman–Crippen LogP) is 3.27. The zero-order valence-electron chi connectivity index (χ0n) is 14.4. The third-order valence-corrected chi connectivity index (χ3v) is 3.30. The summed E-state index contributed by atoms with van der Waals surface area (Å²) in [6.45, 7) is 0. The molecule has 2 N–H and O–H groups in total. The van der Waals surface area contributed by atoms with E-state index in [0.717, 1.165) is 5.56 Å². The fourth-order valence-electron chi connectivity index (χ4n) is 2.04. The van der Waals surface area contributed by atoms with E-state index >= 15 is 0 Å². The van der Waals surface area contributed by atoms with Gasteiger partial charge in [-0.3, -0.25) is 0 Å². The van der Waals surface area contributed by atoms with Crippen molar-refractivity contribution >= 4 is 29.7 Å². The number of anilines is 4. The van der Waals surface area contributed by atoms with E-state index in [1.807, 2.05) is 44.4 Å². The van der Waals surface area contributed by atoms with Gasteiger partial charge >= 0.3 is 0 Å². The molecule has 0 aliphatic rings. The quantitative estimate of drug-likeness (QED) is 0.524. The Balaban J connectivity index is 1.79. The van der Waals surface area contributed by atoms with Crippen LogP contribution >= 0.6 is 0 Å². The molecule has 26 heavy (non-hydrogen) atoms. The van der Waals surface area contributed by atoms with E-state index in [9.17, 15) is 4.39 Å². The Morgan fingerprint density at radius 3 is 2.31 bits per heavy atom. The summed E-state index contributed by atoms with van der Waals surface area (Å²) in [5.74, 6) is 0.771. The number of hydrogen-bond acceptors (Lipinski definition) is 7. The molecule has 0 unspecified atom stereocenters. The fourth-order valence-corrected chi connectivity index (χ4v) is 2.04. The first-order chi connectivity index (χ1) is 12.6. The third kappa shape index (κ3) is 4.73. The van der Waals surface area contributed by atoms with Crippen molar-refractivity contribution in [3.8, 4) is 0 Å². The Labute approximate surface area is 150 Å². The lowest BCUT2D eigenvalue weighted by atomic mass is 10.2. The second-order valence-electron chi connectivity index (χ2n) is 5.59. The van der Waals surface area contributed by atoms with Crippen LogP contribution in [0, 0.1) is 5.82 Å². The number of halogens is 1. The van der Waals surface area contributed by atoms with Gasteiger partial charge in [0, 0.05) is 19.8 Å². The highest BCUT2D eigenvalue weighted by Gasteiger charge is 2.08. The van der Waals surface area contributed by atoms with E-state index in [-0.39, 0.29) is 5.82 Å². The van der Waals surface area contributed by atoms with Crippen molar-refractivity contribution in [1.29, 1.82) is 0 Å². The molecule has 132 valence electrons. The van der Waals surface area contributed by atoms with Crippen LogP contribution in [0.25, 0.3) is 0 Å². The monoisotopic (exact) mass is 351 g/mol. The van der Waals surface area contributed by atoms with Crippen LogP contribution in [0.3, 0.4) is 0 Å². The molecule has 3 rings (SSSR count). The smallest absolute Gasteiger partial charge is 0.250 e. The lowest BCUT2D eigenvalue weighted by molar-refractivity contribution is 0.628.